The second kappa shape index (κ2) is 11.8. The minimum absolute atomic E-state index is 0.172. The normalized spacial score (nSPS) is 21.8. The molecule has 0 aromatic carbocycles. The topological polar surface area (TPSA) is 111 Å². The molecule has 1 aliphatic heterocycles. The highest BCUT2D eigenvalue weighted by Gasteiger charge is 2.45. The summed E-state index contributed by atoms with van der Waals surface area (Å²) in [5.41, 5.74) is -0.730. The Morgan fingerprint density at radius 1 is 1.25 bits per heavy atom. The van der Waals surface area contributed by atoms with Crippen LogP contribution in [-0.2, 0) is 33.4 Å². The van der Waals surface area contributed by atoms with Gasteiger partial charge in [-0.3, -0.25) is 14.5 Å². The number of rotatable bonds is 10. The highest BCUT2D eigenvalue weighted by Crippen LogP contribution is 2.32. The molecule has 0 aliphatic carbocycles. The van der Waals surface area contributed by atoms with Gasteiger partial charge in [0.2, 0.25) is 12.5 Å². The van der Waals surface area contributed by atoms with Gasteiger partial charge >= 0.3 is 18.1 Å². The quantitative estimate of drug-likeness (QED) is 0.297. The second-order valence-corrected chi connectivity index (χ2v) is 7.47. The van der Waals surface area contributed by atoms with Crippen molar-refractivity contribution in [2.45, 2.75) is 64.6 Å². The van der Waals surface area contributed by atoms with E-state index in [-0.39, 0.29) is 12.0 Å². The van der Waals surface area contributed by atoms with Gasteiger partial charge in [0.25, 0.3) is 5.91 Å². The van der Waals surface area contributed by atoms with Crippen LogP contribution < -0.4 is 5.32 Å². The Hall–Kier alpha value is -2.63. The first-order valence-electron chi connectivity index (χ1n) is 10.1. The molecule has 0 radical (unpaired) electrons. The number of nitrogens with zero attached hydrogens (tertiary/aromatic N) is 1. The van der Waals surface area contributed by atoms with Crippen LogP contribution in [0.1, 0.15) is 40.0 Å². The molecule has 182 valence electrons. The number of hydrogen-bond donors (Lipinski definition) is 1. The maximum atomic E-state index is 12.7. The van der Waals surface area contributed by atoms with Crippen LogP contribution in [0.3, 0.4) is 0 Å². The first kappa shape index (κ1) is 27.4. The van der Waals surface area contributed by atoms with Crippen molar-refractivity contribution < 1.29 is 46.6 Å². The molecule has 0 aromatic heterocycles. The molecule has 32 heavy (non-hydrogen) atoms. The van der Waals surface area contributed by atoms with Gasteiger partial charge in [-0.15, -0.1) is 0 Å². The summed E-state index contributed by atoms with van der Waals surface area (Å²) >= 11 is 0. The predicted molar refractivity (Wildman–Crippen MR) is 105 cm³/mol. The van der Waals surface area contributed by atoms with E-state index in [0.717, 1.165) is 31.7 Å². The number of ether oxygens (including phenoxy) is 3. The molecule has 0 spiro atoms. The standard InChI is InChI=1S/C20H29F3N2O7/c1-6-11(2)12(3)14-7-8-15(31-14)25(10-26)9-13(17(27)24-4)16(18(28)30-5)32-19(29)20(21,22)23/h9-12,14-16H,6-8H2,1-5H3,(H,24,27)/b13-9-/t11?,12?,14?,15-,16?/m1/s1. The summed E-state index contributed by atoms with van der Waals surface area (Å²) in [6, 6.07) is 0. The maximum Gasteiger partial charge on any atom is 0.490 e. The van der Waals surface area contributed by atoms with E-state index in [2.05, 4.69) is 21.7 Å². The fourth-order valence-electron chi connectivity index (χ4n) is 3.24. The van der Waals surface area contributed by atoms with Crippen molar-refractivity contribution in [3.05, 3.63) is 11.8 Å². The average molecular weight is 466 g/mol. The fraction of sp³-hybridized carbons (Fsp3) is 0.700. The summed E-state index contributed by atoms with van der Waals surface area (Å²) in [5.74, 6) is -4.65. The number of alkyl halides is 3. The number of nitrogens with one attached hydrogen (secondary N) is 1. The Kier molecular flexibility index (Phi) is 10.1. The number of carbonyl (C=O) groups is 4. The summed E-state index contributed by atoms with van der Waals surface area (Å²) in [6.07, 6.45) is -5.68. The van der Waals surface area contributed by atoms with Gasteiger partial charge in [-0.1, -0.05) is 27.2 Å². The van der Waals surface area contributed by atoms with Crippen molar-refractivity contribution in [3.63, 3.8) is 0 Å². The molecule has 1 aliphatic rings. The van der Waals surface area contributed by atoms with E-state index in [0.29, 0.717) is 25.2 Å². The minimum atomic E-state index is -5.42. The molecular weight excluding hydrogens is 437 g/mol. The number of hydrogen-bond acceptors (Lipinski definition) is 7. The van der Waals surface area contributed by atoms with E-state index in [1.807, 2.05) is 13.8 Å². The third kappa shape index (κ3) is 6.94. The largest absolute Gasteiger partial charge is 0.490 e. The molecule has 0 saturated carbocycles. The van der Waals surface area contributed by atoms with Gasteiger partial charge in [-0.2, -0.15) is 13.2 Å². The molecule has 1 heterocycles. The van der Waals surface area contributed by atoms with E-state index in [1.165, 1.54) is 0 Å². The van der Waals surface area contributed by atoms with Crippen LogP contribution in [-0.4, -0.2) is 67.9 Å². The zero-order chi connectivity index (χ0) is 24.6. The lowest BCUT2D eigenvalue weighted by Crippen LogP contribution is -2.42. The number of amides is 2. The lowest BCUT2D eigenvalue weighted by molar-refractivity contribution is -0.206. The van der Waals surface area contributed by atoms with E-state index in [9.17, 15) is 32.3 Å². The van der Waals surface area contributed by atoms with Gasteiger partial charge in [-0.25, -0.2) is 9.59 Å². The zero-order valence-electron chi connectivity index (χ0n) is 18.6. The highest BCUT2D eigenvalue weighted by atomic mass is 19.4. The molecule has 2 amide bonds. The van der Waals surface area contributed by atoms with E-state index < -0.39 is 41.9 Å². The summed E-state index contributed by atoms with van der Waals surface area (Å²) in [6.45, 7) is 6.12. The van der Waals surface area contributed by atoms with Gasteiger partial charge in [0.15, 0.2) is 0 Å². The van der Waals surface area contributed by atoms with Gasteiger partial charge < -0.3 is 19.5 Å². The van der Waals surface area contributed by atoms with Crippen LogP contribution in [0.4, 0.5) is 13.2 Å². The minimum Gasteiger partial charge on any atom is -0.466 e. The lowest BCUT2D eigenvalue weighted by atomic mass is 9.88. The van der Waals surface area contributed by atoms with Gasteiger partial charge in [-0.05, 0) is 24.7 Å². The van der Waals surface area contributed by atoms with Crippen LogP contribution in [0.2, 0.25) is 0 Å². The van der Waals surface area contributed by atoms with Crippen molar-refractivity contribution in [2.24, 2.45) is 11.8 Å². The van der Waals surface area contributed by atoms with Gasteiger partial charge in [0.1, 0.15) is 6.23 Å². The molecule has 1 saturated heterocycles. The molecule has 9 nitrogen and oxygen atoms in total. The fourth-order valence-corrected chi connectivity index (χ4v) is 3.24. The summed E-state index contributed by atoms with van der Waals surface area (Å²) in [4.78, 5) is 48.3. The maximum absolute atomic E-state index is 12.7. The molecule has 5 atom stereocenters. The van der Waals surface area contributed by atoms with Crippen molar-refractivity contribution >= 4 is 24.3 Å². The first-order valence-corrected chi connectivity index (χ1v) is 10.1. The van der Waals surface area contributed by atoms with E-state index in [4.69, 9.17) is 4.74 Å². The molecule has 12 heteroatoms. The van der Waals surface area contributed by atoms with Crippen LogP contribution in [0.25, 0.3) is 0 Å². The Bertz CT molecular complexity index is 726. The first-order chi connectivity index (χ1) is 14.9. The van der Waals surface area contributed by atoms with Crippen molar-refractivity contribution in [2.75, 3.05) is 14.2 Å². The van der Waals surface area contributed by atoms with E-state index >= 15 is 0 Å². The second-order valence-electron chi connectivity index (χ2n) is 7.47. The molecule has 1 fully saturated rings. The van der Waals surface area contributed by atoms with Gasteiger partial charge in [0, 0.05) is 13.2 Å². The summed E-state index contributed by atoms with van der Waals surface area (Å²) < 4.78 is 52.6. The summed E-state index contributed by atoms with van der Waals surface area (Å²) in [5, 5.41) is 2.14. The summed E-state index contributed by atoms with van der Waals surface area (Å²) in [7, 11) is 1.99. The monoisotopic (exact) mass is 466 g/mol. The molecular formula is C20H29F3N2O7. The van der Waals surface area contributed by atoms with Crippen LogP contribution in [0, 0.1) is 11.8 Å². The average Bonchev–Trinajstić information content (AvgIpc) is 3.25. The number of methoxy groups -OCH3 is 1. The van der Waals surface area contributed by atoms with Gasteiger partial charge in [0.05, 0.1) is 18.8 Å². The predicted octanol–water partition coefficient (Wildman–Crippen LogP) is 1.91. The molecule has 1 N–H and O–H groups in total. The molecule has 1 rings (SSSR count). The number of esters is 2. The SMILES string of the molecule is CCC(C)C(C)C1CC[C@H](N(C=O)/C=C(\C(=O)NC)C(OC(=O)C(F)(F)F)C(=O)OC)O1. The Morgan fingerprint density at radius 2 is 1.88 bits per heavy atom. The highest BCUT2D eigenvalue weighted by molar-refractivity contribution is 6.01. The smallest absolute Gasteiger partial charge is 0.466 e. The van der Waals surface area contributed by atoms with E-state index in [1.54, 1.807) is 0 Å². The Morgan fingerprint density at radius 3 is 2.34 bits per heavy atom. The van der Waals surface area contributed by atoms with Crippen molar-refractivity contribution in [3.8, 4) is 0 Å². The molecule has 0 bridgehead atoms. The molecule has 0 aromatic rings. The Balaban J connectivity index is 3.25. The molecule has 4 unspecified atom stereocenters. The number of halogens is 3. The van der Waals surface area contributed by atoms with Crippen LogP contribution in [0.15, 0.2) is 11.8 Å². The van der Waals surface area contributed by atoms with Crippen LogP contribution in [0.5, 0.6) is 0 Å². The Labute approximate surface area is 184 Å². The number of likely N-dealkylation sites (N-methyl/N-ethyl adjacent to an activating group) is 1. The van der Waals surface area contributed by atoms with Crippen LogP contribution >= 0.6 is 0 Å². The zero-order valence-corrected chi connectivity index (χ0v) is 18.6. The lowest BCUT2D eigenvalue weighted by Gasteiger charge is -2.28. The third-order valence-corrected chi connectivity index (χ3v) is 5.54. The van der Waals surface area contributed by atoms with Crippen molar-refractivity contribution in [1.82, 2.24) is 10.2 Å². The van der Waals surface area contributed by atoms with Crippen molar-refractivity contribution in [1.29, 1.82) is 0 Å². The number of carbonyl (C=O) groups excluding carboxylic acids is 4. The third-order valence-electron chi connectivity index (χ3n) is 5.54.